The maximum absolute atomic E-state index is 11.5. The molecule has 1 aromatic rings. The van der Waals surface area contributed by atoms with Gasteiger partial charge in [-0.2, -0.15) is 5.10 Å². The van der Waals surface area contributed by atoms with Crippen LogP contribution in [-0.4, -0.2) is 36.2 Å². The van der Waals surface area contributed by atoms with Gasteiger partial charge in [0.2, 0.25) is 0 Å². The van der Waals surface area contributed by atoms with Crippen LogP contribution in [0.3, 0.4) is 0 Å². The van der Waals surface area contributed by atoms with Gasteiger partial charge in [0.1, 0.15) is 9.84 Å². The second kappa shape index (κ2) is 7.05. The fourth-order valence-electron chi connectivity index (χ4n) is 2.12. The molecule has 1 atom stereocenters. The Kier molecular flexibility index (Phi) is 6.00. The van der Waals surface area contributed by atoms with E-state index in [0.29, 0.717) is 6.42 Å². The maximum atomic E-state index is 11.5. The maximum Gasteiger partial charge on any atom is 0.150 e. The molecular weight excluding hydrogens is 262 g/mol. The summed E-state index contributed by atoms with van der Waals surface area (Å²) in [7, 11) is -0.946. The molecule has 0 radical (unpaired) electrons. The van der Waals surface area contributed by atoms with Gasteiger partial charge in [0.15, 0.2) is 0 Å². The van der Waals surface area contributed by atoms with Gasteiger partial charge in [-0.1, -0.05) is 13.8 Å². The second-order valence-electron chi connectivity index (χ2n) is 4.80. The third-order valence-corrected chi connectivity index (χ3v) is 5.28. The van der Waals surface area contributed by atoms with Crippen LogP contribution in [0.4, 0.5) is 0 Å². The smallest absolute Gasteiger partial charge is 0.150 e. The van der Waals surface area contributed by atoms with Crippen molar-refractivity contribution >= 4 is 9.84 Å². The Labute approximate surface area is 116 Å². The molecule has 0 bridgehead atoms. The SMILES string of the molecule is CCNC(CCCS(=O)(=O)CC)c1cnn(C)c1C. The zero-order valence-electron chi connectivity index (χ0n) is 12.3. The largest absolute Gasteiger partial charge is 0.310 e. The summed E-state index contributed by atoms with van der Waals surface area (Å²) in [5, 5.41) is 7.66. The number of aromatic nitrogens is 2. The Morgan fingerprint density at radius 2 is 2.11 bits per heavy atom. The van der Waals surface area contributed by atoms with Gasteiger partial charge in [-0.25, -0.2) is 8.42 Å². The fraction of sp³-hybridized carbons (Fsp3) is 0.769. The van der Waals surface area contributed by atoms with Crippen LogP contribution in [0.5, 0.6) is 0 Å². The molecular formula is C13H25N3O2S. The zero-order valence-corrected chi connectivity index (χ0v) is 13.1. The lowest BCUT2D eigenvalue weighted by atomic mass is 10.0. The molecule has 0 amide bonds. The summed E-state index contributed by atoms with van der Waals surface area (Å²) in [6.45, 7) is 6.65. The second-order valence-corrected chi connectivity index (χ2v) is 7.27. The van der Waals surface area contributed by atoms with E-state index in [-0.39, 0.29) is 17.5 Å². The number of aryl methyl sites for hydroxylation is 1. The minimum absolute atomic E-state index is 0.186. The number of nitrogens with one attached hydrogen (secondary N) is 1. The lowest BCUT2D eigenvalue weighted by Crippen LogP contribution is -2.22. The summed E-state index contributed by atoms with van der Waals surface area (Å²) < 4.78 is 24.9. The molecule has 19 heavy (non-hydrogen) atoms. The minimum atomic E-state index is -2.87. The topological polar surface area (TPSA) is 64.0 Å². The number of hydrogen-bond donors (Lipinski definition) is 1. The van der Waals surface area contributed by atoms with Crippen molar-refractivity contribution in [1.29, 1.82) is 0 Å². The first-order valence-corrected chi connectivity index (χ1v) is 8.65. The molecule has 5 nitrogen and oxygen atoms in total. The molecule has 0 aliphatic rings. The zero-order chi connectivity index (χ0) is 14.5. The summed E-state index contributed by atoms with van der Waals surface area (Å²) in [6, 6.07) is 0.186. The molecule has 0 aliphatic heterocycles. The van der Waals surface area contributed by atoms with E-state index in [2.05, 4.69) is 17.3 Å². The molecule has 0 saturated carbocycles. The van der Waals surface area contributed by atoms with Gasteiger partial charge in [-0.05, 0) is 26.3 Å². The lowest BCUT2D eigenvalue weighted by Gasteiger charge is -2.17. The standard InChI is InChI=1S/C13H25N3O2S/c1-5-14-13(8-7-9-19(17,18)6-2)12-10-15-16(4)11(12)3/h10,13-14H,5-9H2,1-4H3. The van der Waals surface area contributed by atoms with E-state index in [1.807, 2.05) is 24.9 Å². The van der Waals surface area contributed by atoms with Crippen LogP contribution in [0.1, 0.15) is 44.0 Å². The van der Waals surface area contributed by atoms with E-state index in [1.165, 1.54) is 5.56 Å². The van der Waals surface area contributed by atoms with Crippen molar-refractivity contribution < 1.29 is 8.42 Å². The van der Waals surface area contributed by atoms with Crippen molar-refractivity contribution in [3.05, 3.63) is 17.5 Å². The van der Waals surface area contributed by atoms with E-state index in [1.54, 1.807) is 6.92 Å². The Bertz CT molecular complexity index is 494. The highest BCUT2D eigenvalue weighted by molar-refractivity contribution is 7.91. The van der Waals surface area contributed by atoms with Crippen LogP contribution in [0.15, 0.2) is 6.20 Å². The van der Waals surface area contributed by atoms with E-state index >= 15 is 0 Å². The molecule has 1 aromatic heterocycles. The van der Waals surface area contributed by atoms with Gasteiger partial charge >= 0.3 is 0 Å². The molecule has 110 valence electrons. The van der Waals surface area contributed by atoms with E-state index in [9.17, 15) is 8.42 Å². The molecule has 0 aliphatic carbocycles. The first-order valence-electron chi connectivity index (χ1n) is 6.83. The van der Waals surface area contributed by atoms with Crippen LogP contribution >= 0.6 is 0 Å². The quantitative estimate of drug-likeness (QED) is 0.788. The van der Waals surface area contributed by atoms with E-state index in [0.717, 1.165) is 18.7 Å². The van der Waals surface area contributed by atoms with Gasteiger partial charge in [-0.15, -0.1) is 0 Å². The first kappa shape index (κ1) is 16.2. The van der Waals surface area contributed by atoms with Gasteiger partial charge < -0.3 is 5.32 Å². The monoisotopic (exact) mass is 287 g/mol. The van der Waals surface area contributed by atoms with Gasteiger partial charge in [0.05, 0.1) is 11.9 Å². The normalized spacial score (nSPS) is 13.7. The highest BCUT2D eigenvalue weighted by Gasteiger charge is 2.17. The van der Waals surface area contributed by atoms with Gasteiger partial charge in [-0.3, -0.25) is 4.68 Å². The van der Waals surface area contributed by atoms with Crippen LogP contribution in [0.25, 0.3) is 0 Å². The van der Waals surface area contributed by atoms with Crippen molar-refractivity contribution in [3.63, 3.8) is 0 Å². The van der Waals surface area contributed by atoms with Crippen molar-refractivity contribution in [1.82, 2.24) is 15.1 Å². The van der Waals surface area contributed by atoms with Gasteiger partial charge in [0, 0.05) is 30.1 Å². The molecule has 0 saturated heterocycles. The summed E-state index contributed by atoms with van der Waals surface area (Å²) in [5.74, 6) is 0.496. The van der Waals surface area contributed by atoms with Crippen LogP contribution in [-0.2, 0) is 16.9 Å². The third-order valence-electron chi connectivity index (χ3n) is 3.49. The average Bonchev–Trinajstić information content (AvgIpc) is 2.69. The number of nitrogens with zero attached hydrogens (tertiary/aromatic N) is 2. The minimum Gasteiger partial charge on any atom is -0.310 e. The molecule has 6 heteroatoms. The highest BCUT2D eigenvalue weighted by Crippen LogP contribution is 2.21. The first-order chi connectivity index (χ1) is 8.91. The molecule has 1 unspecified atom stereocenters. The van der Waals surface area contributed by atoms with Crippen LogP contribution in [0, 0.1) is 6.92 Å². The van der Waals surface area contributed by atoms with E-state index in [4.69, 9.17) is 0 Å². The Balaban J connectivity index is 2.66. The summed E-state index contributed by atoms with van der Waals surface area (Å²) >= 11 is 0. The van der Waals surface area contributed by atoms with Crippen molar-refractivity contribution in [2.45, 2.75) is 39.7 Å². The van der Waals surface area contributed by atoms with Crippen molar-refractivity contribution in [2.75, 3.05) is 18.1 Å². The molecule has 0 spiro atoms. The molecule has 1 N–H and O–H groups in total. The highest BCUT2D eigenvalue weighted by atomic mass is 32.2. The average molecular weight is 287 g/mol. The number of hydrogen-bond acceptors (Lipinski definition) is 4. The molecule has 0 aromatic carbocycles. The van der Waals surface area contributed by atoms with Gasteiger partial charge in [0.25, 0.3) is 0 Å². The molecule has 0 fully saturated rings. The predicted octanol–water partition coefficient (Wildman–Crippen LogP) is 1.59. The van der Waals surface area contributed by atoms with Crippen molar-refractivity contribution in [3.8, 4) is 0 Å². The van der Waals surface area contributed by atoms with Crippen LogP contribution in [0.2, 0.25) is 0 Å². The van der Waals surface area contributed by atoms with Crippen molar-refractivity contribution in [2.24, 2.45) is 7.05 Å². The number of sulfone groups is 1. The predicted molar refractivity (Wildman–Crippen MR) is 77.9 cm³/mol. The Hall–Kier alpha value is -0.880. The summed E-state index contributed by atoms with van der Waals surface area (Å²) in [6.07, 6.45) is 3.37. The molecule has 1 heterocycles. The van der Waals surface area contributed by atoms with Crippen LogP contribution < -0.4 is 5.32 Å². The Morgan fingerprint density at radius 3 is 2.58 bits per heavy atom. The number of rotatable bonds is 8. The van der Waals surface area contributed by atoms with E-state index < -0.39 is 9.84 Å². The summed E-state index contributed by atoms with van der Waals surface area (Å²) in [4.78, 5) is 0. The third kappa shape index (κ3) is 4.62. The lowest BCUT2D eigenvalue weighted by molar-refractivity contribution is 0.504. The molecule has 1 rings (SSSR count). The summed E-state index contributed by atoms with van der Waals surface area (Å²) in [5.41, 5.74) is 2.29. The Morgan fingerprint density at radius 1 is 1.42 bits per heavy atom. The fourth-order valence-corrected chi connectivity index (χ4v) is 3.02.